The van der Waals surface area contributed by atoms with Crippen LogP contribution in [0.2, 0.25) is 5.02 Å². The minimum atomic E-state index is -0.404. The summed E-state index contributed by atoms with van der Waals surface area (Å²) in [4.78, 5) is 12.3. The number of hydrogen-bond donors (Lipinski definition) is 0. The first-order valence-corrected chi connectivity index (χ1v) is 6.42. The van der Waals surface area contributed by atoms with Crippen LogP contribution in [0.15, 0.2) is 42.5 Å². The third kappa shape index (κ3) is 2.40. The minimum Gasteiger partial charge on any atom is -0.473 e. The second kappa shape index (κ2) is 5.02. The Balaban J connectivity index is 1.90. The van der Waals surface area contributed by atoms with Crippen LogP contribution in [0.5, 0.6) is 5.75 Å². The summed E-state index contributed by atoms with van der Waals surface area (Å²) in [5.74, 6) is 0.802. The standard InChI is InChI=1S/C14H11ClN2O3/c15-11-4-5-14-10(6-11)8-16(9-20-14)12-2-1-3-13(7-12)17(18)19/h1-7H,8-9H2. The van der Waals surface area contributed by atoms with Gasteiger partial charge in [-0.15, -0.1) is 0 Å². The number of nitro benzene ring substituents is 1. The van der Waals surface area contributed by atoms with E-state index < -0.39 is 4.92 Å². The summed E-state index contributed by atoms with van der Waals surface area (Å²) in [5, 5.41) is 11.5. The van der Waals surface area contributed by atoms with Crippen LogP contribution < -0.4 is 9.64 Å². The second-order valence-electron chi connectivity index (χ2n) is 4.50. The molecule has 0 spiro atoms. The van der Waals surface area contributed by atoms with Crippen molar-refractivity contribution in [3.63, 3.8) is 0 Å². The van der Waals surface area contributed by atoms with E-state index in [2.05, 4.69) is 0 Å². The molecule has 0 aromatic heterocycles. The molecule has 0 saturated carbocycles. The van der Waals surface area contributed by atoms with Crippen LogP contribution in [0.4, 0.5) is 11.4 Å². The highest BCUT2D eigenvalue weighted by atomic mass is 35.5. The van der Waals surface area contributed by atoms with Gasteiger partial charge in [0, 0.05) is 35.0 Å². The fraction of sp³-hybridized carbons (Fsp3) is 0.143. The molecule has 0 amide bonds. The summed E-state index contributed by atoms with van der Waals surface area (Å²) >= 11 is 5.97. The van der Waals surface area contributed by atoms with Crippen LogP contribution in [-0.4, -0.2) is 11.7 Å². The number of fused-ring (bicyclic) bond motifs is 1. The Bertz CT molecular complexity index is 675. The molecule has 0 fully saturated rings. The zero-order chi connectivity index (χ0) is 14.1. The molecule has 0 atom stereocenters. The van der Waals surface area contributed by atoms with Crippen LogP contribution >= 0.6 is 11.6 Å². The molecule has 0 unspecified atom stereocenters. The molecule has 0 saturated heterocycles. The van der Waals surface area contributed by atoms with Crippen LogP contribution in [0, 0.1) is 10.1 Å². The van der Waals surface area contributed by atoms with Gasteiger partial charge >= 0.3 is 0 Å². The SMILES string of the molecule is O=[N+]([O-])c1cccc(N2COc3ccc(Cl)cc3C2)c1. The molecule has 2 aromatic carbocycles. The van der Waals surface area contributed by atoms with Gasteiger partial charge in [-0.1, -0.05) is 17.7 Å². The number of hydrogen-bond acceptors (Lipinski definition) is 4. The van der Waals surface area contributed by atoms with Crippen LogP contribution in [-0.2, 0) is 6.54 Å². The van der Waals surface area contributed by atoms with Gasteiger partial charge in [-0.2, -0.15) is 0 Å². The zero-order valence-electron chi connectivity index (χ0n) is 10.5. The lowest BCUT2D eigenvalue weighted by Gasteiger charge is -2.30. The molecule has 5 nitrogen and oxygen atoms in total. The van der Waals surface area contributed by atoms with E-state index in [1.54, 1.807) is 18.2 Å². The molecular formula is C14H11ClN2O3. The smallest absolute Gasteiger partial charge is 0.271 e. The van der Waals surface area contributed by atoms with Crippen LogP contribution in [0.3, 0.4) is 0 Å². The first-order valence-electron chi connectivity index (χ1n) is 6.04. The van der Waals surface area contributed by atoms with Crippen molar-refractivity contribution in [2.24, 2.45) is 0 Å². The first kappa shape index (κ1) is 12.7. The third-order valence-electron chi connectivity index (χ3n) is 3.17. The molecule has 1 aliphatic heterocycles. The molecule has 6 heteroatoms. The molecule has 1 heterocycles. The molecule has 3 rings (SSSR count). The van der Waals surface area contributed by atoms with E-state index in [1.807, 2.05) is 23.1 Å². The van der Waals surface area contributed by atoms with Gasteiger partial charge in [0.25, 0.3) is 5.69 Å². The number of anilines is 1. The Morgan fingerprint density at radius 2 is 2.10 bits per heavy atom. The number of halogens is 1. The highest BCUT2D eigenvalue weighted by molar-refractivity contribution is 6.30. The number of nitro groups is 1. The number of benzene rings is 2. The van der Waals surface area contributed by atoms with E-state index in [9.17, 15) is 10.1 Å². The number of ether oxygens (including phenoxy) is 1. The largest absolute Gasteiger partial charge is 0.473 e. The Morgan fingerprint density at radius 3 is 2.90 bits per heavy atom. The van der Waals surface area contributed by atoms with Crippen molar-refractivity contribution < 1.29 is 9.66 Å². The van der Waals surface area contributed by atoms with E-state index in [0.29, 0.717) is 18.3 Å². The lowest BCUT2D eigenvalue weighted by atomic mass is 10.1. The number of non-ortho nitro benzene ring substituents is 1. The lowest BCUT2D eigenvalue weighted by molar-refractivity contribution is -0.384. The summed E-state index contributed by atoms with van der Waals surface area (Å²) in [6.45, 7) is 0.965. The molecular weight excluding hydrogens is 280 g/mol. The fourth-order valence-corrected chi connectivity index (χ4v) is 2.37. The van der Waals surface area contributed by atoms with Gasteiger partial charge in [0.05, 0.1) is 4.92 Å². The maximum atomic E-state index is 10.8. The average Bonchev–Trinajstić information content (AvgIpc) is 2.46. The molecule has 0 radical (unpaired) electrons. The first-order chi connectivity index (χ1) is 9.63. The number of rotatable bonds is 2. The van der Waals surface area contributed by atoms with E-state index >= 15 is 0 Å². The molecule has 2 aromatic rings. The summed E-state index contributed by atoms with van der Waals surface area (Å²) in [6, 6.07) is 12.0. The van der Waals surface area contributed by atoms with Gasteiger partial charge in [0.15, 0.2) is 6.73 Å². The summed E-state index contributed by atoms with van der Waals surface area (Å²) in [5.41, 5.74) is 1.79. The van der Waals surface area contributed by atoms with Crippen molar-refractivity contribution >= 4 is 23.0 Å². The Labute approximate surface area is 120 Å². The quantitative estimate of drug-likeness (QED) is 0.626. The normalized spacial score (nSPS) is 13.6. The summed E-state index contributed by atoms with van der Waals surface area (Å²) < 4.78 is 5.64. The Morgan fingerprint density at radius 1 is 1.25 bits per heavy atom. The fourth-order valence-electron chi connectivity index (χ4n) is 2.18. The predicted molar refractivity (Wildman–Crippen MR) is 76.2 cm³/mol. The topological polar surface area (TPSA) is 55.6 Å². The molecule has 20 heavy (non-hydrogen) atoms. The van der Waals surface area contributed by atoms with Crippen molar-refractivity contribution in [3.05, 3.63) is 63.2 Å². The van der Waals surface area contributed by atoms with Crippen molar-refractivity contribution in [2.75, 3.05) is 11.6 Å². The summed E-state index contributed by atoms with van der Waals surface area (Å²) in [7, 11) is 0. The van der Waals surface area contributed by atoms with Crippen molar-refractivity contribution in [1.29, 1.82) is 0 Å². The Kier molecular flexibility index (Phi) is 3.20. The minimum absolute atomic E-state index is 0.0689. The highest BCUT2D eigenvalue weighted by Gasteiger charge is 2.19. The van der Waals surface area contributed by atoms with Gasteiger partial charge < -0.3 is 9.64 Å². The number of nitrogens with zero attached hydrogens (tertiary/aromatic N) is 2. The molecule has 0 N–H and O–H groups in total. The summed E-state index contributed by atoms with van der Waals surface area (Å²) in [6.07, 6.45) is 0. The van der Waals surface area contributed by atoms with Gasteiger partial charge in [0.1, 0.15) is 5.75 Å². The van der Waals surface area contributed by atoms with Crippen molar-refractivity contribution in [2.45, 2.75) is 6.54 Å². The van der Waals surface area contributed by atoms with Gasteiger partial charge in [-0.05, 0) is 24.3 Å². The monoisotopic (exact) mass is 290 g/mol. The van der Waals surface area contributed by atoms with Crippen LogP contribution in [0.1, 0.15) is 5.56 Å². The Hall–Kier alpha value is -2.27. The maximum absolute atomic E-state index is 10.8. The molecule has 0 aliphatic carbocycles. The maximum Gasteiger partial charge on any atom is 0.271 e. The van der Waals surface area contributed by atoms with Crippen LogP contribution in [0.25, 0.3) is 0 Å². The lowest BCUT2D eigenvalue weighted by Crippen LogP contribution is -2.31. The molecule has 102 valence electrons. The van der Waals surface area contributed by atoms with Gasteiger partial charge in [0.2, 0.25) is 0 Å². The second-order valence-corrected chi connectivity index (χ2v) is 4.94. The highest BCUT2D eigenvalue weighted by Crippen LogP contribution is 2.31. The zero-order valence-corrected chi connectivity index (χ0v) is 11.2. The molecule has 0 bridgehead atoms. The third-order valence-corrected chi connectivity index (χ3v) is 3.40. The van der Waals surface area contributed by atoms with Gasteiger partial charge in [-0.25, -0.2) is 0 Å². The van der Waals surface area contributed by atoms with Crippen molar-refractivity contribution in [3.8, 4) is 5.75 Å². The van der Waals surface area contributed by atoms with E-state index in [1.165, 1.54) is 6.07 Å². The predicted octanol–water partition coefficient (Wildman–Crippen LogP) is 3.60. The van der Waals surface area contributed by atoms with E-state index in [4.69, 9.17) is 16.3 Å². The van der Waals surface area contributed by atoms with E-state index in [0.717, 1.165) is 17.0 Å². The molecule has 1 aliphatic rings. The van der Waals surface area contributed by atoms with E-state index in [-0.39, 0.29) is 5.69 Å². The average molecular weight is 291 g/mol. The van der Waals surface area contributed by atoms with Gasteiger partial charge in [-0.3, -0.25) is 10.1 Å². The van der Waals surface area contributed by atoms with Crippen molar-refractivity contribution in [1.82, 2.24) is 0 Å².